The number of nitrogens with one attached hydrogen (secondary N) is 2. The normalized spacial score (nSPS) is 11.0. The highest BCUT2D eigenvalue weighted by molar-refractivity contribution is 7.92. The number of anilines is 2. The molecule has 0 bridgehead atoms. The molecule has 0 aromatic heterocycles. The summed E-state index contributed by atoms with van der Waals surface area (Å²) in [4.78, 5) is 25.9. The standard InChI is InChI=1S/C28H33N3O6S/c1-19-10-12-24(20(2)16-19)31(38(5,34)35)18-27(32)30-23-9-7-6-8-22(23)28(33)29-15-14-21-11-13-25(36-3)26(17-21)37-4/h6-13,16-17H,14-15,18H2,1-5H3,(H,29,33)(H,30,32). The second-order valence-corrected chi connectivity index (χ2v) is 10.8. The molecule has 0 aliphatic carbocycles. The summed E-state index contributed by atoms with van der Waals surface area (Å²) >= 11 is 0. The van der Waals surface area contributed by atoms with Crippen LogP contribution in [0.5, 0.6) is 11.5 Å². The minimum Gasteiger partial charge on any atom is -0.493 e. The van der Waals surface area contributed by atoms with Crippen molar-refractivity contribution in [3.8, 4) is 11.5 Å². The molecule has 0 aliphatic heterocycles. The van der Waals surface area contributed by atoms with Gasteiger partial charge in [0.05, 0.1) is 37.4 Å². The van der Waals surface area contributed by atoms with E-state index in [1.807, 2.05) is 25.1 Å². The van der Waals surface area contributed by atoms with Gasteiger partial charge in [0.1, 0.15) is 6.54 Å². The Bertz CT molecular complexity index is 1420. The van der Waals surface area contributed by atoms with E-state index in [-0.39, 0.29) is 17.2 Å². The largest absolute Gasteiger partial charge is 0.493 e. The van der Waals surface area contributed by atoms with Crippen molar-refractivity contribution in [2.75, 3.05) is 43.2 Å². The van der Waals surface area contributed by atoms with Crippen LogP contribution in [0.3, 0.4) is 0 Å². The number of carbonyl (C=O) groups excluding carboxylic acids is 2. The van der Waals surface area contributed by atoms with Crippen LogP contribution in [-0.2, 0) is 21.2 Å². The highest BCUT2D eigenvalue weighted by Gasteiger charge is 2.23. The molecule has 0 aliphatic rings. The predicted octanol–water partition coefficient (Wildman–Crippen LogP) is 3.70. The van der Waals surface area contributed by atoms with E-state index in [4.69, 9.17) is 9.47 Å². The summed E-state index contributed by atoms with van der Waals surface area (Å²) in [6.07, 6.45) is 1.61. The van der Waals surface area contributed by atoms with Crippen molar-refractivity contribution in [1.82, 2.24) is 5.32 Å². The van der Waals surface area contributed by atoms with E-state index in [0.29, 0.717) is 30.2 Å². The van der Waals surface area contributed by atoms with Gasteiger partial charge in [0.15, 0.2) is 11.5 Å². The topological polar surface area (TPSA) is 114 Å². The molecule has 2 N–H and O–H groups in total. The van der Waals surface area contributed by atoms with Crippen LogP contribution in [0.2, 0.25) is 0 Å². The van der Waals surface area contributed by atoms with Crippen LogP contribution in [0.15, 0.2) is 60.7 Å². The number of rotatable bonds is 11. The SMILES string of the molecule is COc1ccc(CCNC(=O)c2ccccc2NC(=O)CN(c2ccc(C)cc2C)S(C)(=O)=O)cc1OC. The fourth-order valence-electron chi connectivity index (χ4n) is 4.03. The molecule has 3 aromatic carbocycles. The Hall–Kier alpha value is -4.05. The van der Waals surface area contributed by atoms with Gasteiger partial charge in [-0.15, -0.1) is 0 Å². The summed E-state index contributed by atoms with van der Waals surface area (Å²) in [7, 11) is -0.612. The molecule has 0 atom stereocenters. The molecule has 0 saturated carbocycles. The van der Waals surface area contributed by atoms with Gasteiger partial charge < -0.3 is 20.1 Å². The van der Waals surface area contributed by atoms with Crippen molar-refractivity contribution in [3.05, 3.63) is 82.9 Å². The number of carbonyl (C=O) groups is 2. The molecule has 0 heterocycles. The van der Waals surface area contributed by atoms with Crippen LogP contribution < -0.4 is 24.4 Å². The van der Waals surface area contributed by atoms with Crippen LogP contribution in [0, 0.1) is 13.8 Å². The average Bonchev–Trinajstić information content (AvgIpc) is 2.87. The number of hydrogen-bond acceptors (Lipinski definition) is 6. The molecule has 3 rings (SSSR count). The number of nitrogens with zero attached hydrogens (tertiary/aromatic N) is 1. The first kappa shape index (κ1) is 28.5. The number of amides is 2. The third kappa shape index (κ3) is 7.25. The smallest absolute Gasteiger partial charge is 0.253 e. The Kier molecular flexibility index (Phi) is 9.35. The summed E-state index contributed by atoms with van der Waals surface area (Å²) in [6.45, 7) is 3.62. The second kappa shape index (κ2) is 12.5. The zero-order chi connectivity index (χ0) is 27.9. The lowest BCUT2D eigenvalue weighted by molar-refractivity contribution is -0.114. The van der Waals surface area contributed by atoms with Gasteiger partial charge in [0.25, 0.3) is 5.91 Å². The van der Waals surface area contributed by atoms with Crippen molar-refractivity contribution in [2.24, 2.45) is 0 Å². The van der Waals surface area contributed by atoms with E-state index in [2.05, 4.69) is 10.6 Å². The van der Waals surface area contributed by atoms with Gasteiger partial charge in [-0.1, -0.05) is 35.9 Å². The zero-order valence-electron chi connectivity index (χ0n) is 22.2. The molecule has 0 spiro atoms. The van der Waals surface area contributed by atoms with E-state index in [1.54, 1.807) is 63.6 Å². The first-order chi connectivity index (χ1) is 18.0. The van der Waals surface area contributed by atoms with Gasteiger partial charge in [-0.25, -0.2) is 8.42 Å². The Balaban J connectivity index is 1.69. The van der Waals surface area contributed by atoms with Crippen molar-refractivity contribution in [2.45, 2.75) is 20.3 Å². The third-order valence-electron chi connectivity index (χ3n) is 5.90. The Morgan fingerprint density at radius 3 is 2.29 bits per heavy atom. The highest BCUT2D eigenvalue weighted by atomic mass is 32.2. The fraction of sp³-hybridized carbons (Fsp3) is 0.286. The molecule has 0 unspecified atom stereocenters. The van der Waals surface area contributed by atoms with E-state index < -0.39 is 22.5 Å². The van der Waals surface area contributed by atoms with Gasteiger partial charge >= 0.3 is 0 Å². The van der Waals surface area contributed by atoms with Crippen LogP contribution >= 0.6 is 0 Å². The maximum Gasteiger partial charge on any atom is 0.253 e. The van der Waals surface area contributed by atoms with Crippen LogP contribution in [0.25, 0.3) is 0 Å². The molecule has 0 saturated heterocycles. The zero-order valence-corrected chi connectivity index (χ0v) is 23.0. The number of aryl methyl sites for hydroxylation is 2. The second-order valence-electron chi connectivity index (χ2n) is 8.85. The third-order valence-corrected chi connectivity index (χ3v) is 7.03. The first-order valence-electron chi connectivity index (χ1n) is 12.0. The van der Waals surface area contributed by atoms with Crippen molar-refractivity contribution >= 4 is 33.2 Å². The van der Waals surface area contributed by atoms with Gasteiger partial charge in [-0.3, -0.25) is 13.9 Å². The summed E-state index contributed by atoms with van der Waals surface area (Å²) in [6, 6.07) is 17.5. The molecule has 0 radical (unpaired) electrons. The lowest BCUT2D eigenvalue weighted by Crippen LogP contribution is -2.38. The number of ether oxygens (including phenoxy) is 2. The van der Waals surface area contributed by atoms with Gasteiger partial charge in [0.2, 0.25) is 15.9 Å². The molecular weight excluding hydrogens is 506 g/mol. The maximum atomic E-state index is 12.9. The van der Waals surface area contributed by atoms with E-state index in [0.717, 1.165) is 27.3 Å². The van der Waals surface area contributed by atoms with Crippen LogP contribution in [-0.4, -0.2) is 53.8 Å². The van der Waals surface area contributed by atoms with Crippen LogP contribution in [0.1, 0.15) is 27.0 Å². The summed E-state index contributed by atoms with van der Waals surface area (Å²) < 4.78 is 36.6. The molecule has 2 amide bonds. The molecule has 0 fully saturated rings. The van der Waals surface area contributed by atoms with Gasteiger partial charge in [-0.2, -0.15) is 0 Å². The number of hydrogen-bond donors (Lipinski definition) is 2. The maximum absolute atomic E-state index is 12.9. The number of methoxy groups -OCH3 is 2. The first-order valence-corrected chi connectivity index (χ1v) is 13.8. The number of sulfonamides is 1. The Labute approximate surface area is 223 Å². The highest BCUT2D eigenvalue weighted by Crippen LogP contribution is 2.28. The van der Waals surface area contributed by atoms with E-state index in [9.17, 15) is 18.0 Å². The van der Waals surface area contributed by atoms with E-state index in [1.165, 1.54) is 0 Å². The fourth-order valence-corrected chi connectivity index (χ4v) is 4.94. The van der Waals surface area contributed by atoms with Gasteiger partial charge in [-0.05, 0) is 61.7 Å². The Morgan fingerprint density at radius 2 is 1.63 bits per heavy atom. The average molecular weight is 540 g/mol. The summed E-state index contributed by atoms with van der Waals surface area (Å²) in [5.41, 5.74) is 3.65. The minimum absolute atomic E-state index is 0.269. The van der Waals surface area contributed by atoms with Crippen LogP contribution in [0.4, 0.5) is 11.4 Å². The lowest BCUT2D eigenvalue weighted by atomic mass is 10.1. The Morgan fingerprint density at radius 1 is 0.921 bits per heavy atom. The van der Waals surface area contributed by atoms with Gasteiger partial charge in [0, 0.05) is 6.54 Å². The number of para-hydroxylation sites is 1. The number of benzene rings is 3. The summed E-state index contributed by atoms with van der Waals surface area (Å²) in [5.74, 6) is 0.294. The van der Waals surface area contributed by atoms with Crippen molar-refractivity contribution < 1.29 is 27.5 Å². The lowest BCUT2D eigenvalue weighted by Gasteiger charge is -2.24. The molecular formula is C28H33N3O6S. The predicted molar refractivity (Wildman–Crippen MR) is 149 cm³/mol. The van der Waals surface area contributed by atoms with Crippen molar-refractivity contribution in [1.29, 1.82) is 0 Å². The van der Waals surface area contributed by atoms with Crippen molar-refractivity contribution in [3.63, 3.8) is 0 Å². The molecule has 38 heavy (non-hydrogen) atoms. The molecule has 10 heteroatoms. The quantitative estimate of drug-likeness (QED) is 0.384. The molecule has 3 aromatic rings. The van der Waals surface area contributed by atoms with E-state index >= 15 is 0 Å². The molecule has 9 nitrogen and oxygen atoms in total. The summed E-state index contributed by atoms with van der Waals surface area (Å²) in [5, 5.41) is 5.56. The monoisotopic (exact) mass is 539 g/mol. The minimum atomic E-state index is -3.74. The molecule has 202 valence electrons.